The second-order valence-electron chi connectivity index (χ2n) is 6.03. The predicted octanol–water partition coefficient (Wildman–Crippen LogP) is 3.73. The molecule has 0 fully saturated rings. The van der Waals surface area contributed by atoms with Gasteiger partial charge in [0.15, 0.2) is 0 Å². The van der Waals surface area contributed by atoms with Crippen LogP contribution in [0.2, 0.25) is 0 Å². The fraction of sp³-hybridized carbons (Fsp3) is 0.278. The summed E-state index contributed by atoms with van der Waals surface area (Å²) in [6.07, 6.45) is 2.55. The number of anilines is 1. The van der Waals surface area contributed by atoms with Crippen LogP contribution < -0.4 is 4.31 Å². The average Bonchev–Trinajstić information content (AvgIpc) is 3.02. The van der Waals surface area contributed by atoms with Gasteiger partial charge in [0.1, 0.15) is 0 Å². The Kier molecular flexibility index (Phi) is 4.32. The molecule has 0 atom stereocenters. The lowest BCUT2D eigenvalue weighted by Crippen LogP contribution is -2.37. The van der Waals surface area contributed by atoms with Gasteiger partial charge in [0.2, 0.25) is 0 Å². The molecule has 0 aliphatic heterocycles. The number of rotatable bonds is 5. The van der Waals surface area contributed by atoms with E-state index in [4.69, 9.17) is 0 Å². The lowest BCUT2D eigenvalue weighted by molar-refractivity contribution is 0.584. The van der Waals surface area contributed by atoms with E-state index in [0.717, 1.165) is 17.3 Å². The highest BCUT2D eigenvalue weighted by atomic mass is 32.2. The van der Waals surface area contributed by atoms with Crippen molar-refractivity contribution in [2.24, 2.45) is 0 Å². The number of hydrogen-bond donors (Lipinski definition) is 1. The zero-order valence-corrected chi connectivity index (χ0v) is 14.8. The van der Waals surface area contributed by atoms with Gasteiger partial charge in [0, 0.05) is 11.4 Å². The van der Waals surface area contributed by atoms with Crippen LogP contribution in [0.5, 0.6) is 0 Å². The maximum Gasteiger partial charge on any atom is 0.264 e. The van der Waals surface area contributed by atoms with E-state index in [-0.39, 0.29) is 10.9 Å². The van der Waals surface area contributed by atoms with Gasteiger partial charge in [-0.1, -0.05) is 19.1 Å². The van der Waals surface area contributed by atoms with Crippen molar-refractivity contribution < 1.29 is 8.42 Å². The van der Waals surface area contributed by atoms with Gasteiger partial charge in [0.25, 0.3) is 10.0 Å². The number of sulfonamides is 1. The second-order valence-corrected chi connectivity index (χ2v) is 7.85. The van der Waals surface area contributed by atoms with Crippen LogP contribution in [0.3, 0.4) is 0 Å². The molecule has 126 valence electrons. The molecule has 0 spiro atoms. The Balaban J connectivity index is 2.08. The van der Waals surface area contributed by atoms with Crippen molar-refractivity contribution in [2.75, 3.05) is 4.31 Å². The SMILES string of the molecule is CCc1ccc(N(C(C)C)S(=O)(=O)c2ccc3[nH]ncc3c2)cc1. The maximum atomic E-state index is 13.2. The first-order chi connectivity index (χ1) is 11.4. The number of benzene rings is 2. The zero-order valence-electron chi connectivity index (χ0n) is 14.0. The lowest BCUT2D eigenvalue weighted by atomic mass is 10.1. The quantitative estimate of drug-likeness (QED) is 0.767. The Bertz CT molecular complexity index is 944. The second kappa shape index (κ2) is 6.28. The third kappa shape index (κ3) is 2.89. The summed E-state index contributed by atoms with van der Waals surface area (Å²) in [5.41, 5.74) is 2.67. The first-order valence-electron chi connectivity index (χ1n) is 8.00. The van der Waals surface area contributed by atoms with Crippen molar-refractivity contribution in [3.8, 4) is 0 Å². The molecule has 0 amide bonds. The van der Waals surface area contributed by atoms with Crippen LogP contribution in [-0.2, 0) is 16.4 Å². The molecule has 1 heterocycles. The van der Waals surface area contributed by atoms with Gasteiger partial charge in [0.05, 0.1) is 22.3 Å². The molecular formula is C18H21N3O2S. The Labute approximate surface area is 142 Å². The highest BCUT2D eigenvalue weighted by molar-refractivity contribution is 7.92. The van der Waals surface area contributed by atoms with Crippen molar-refractivity contribution in [3.63, 3.8) is 0 Å². The third-order valence-electron chi connectivity index (χ3n) is 4.04. The normalized spacial score (nSPS) is 12.0. The van der Waals surface area contributed by atoms with Crippen molar-refractivity contribution in [3.05, 3.63) is 54.2 Å². The smallest absolute Gasteiger partial charge is 0.264 e. The van der Waals surface area contributed by atoms with Gasteiger partial charge in [-0.2, -0.15) is 5.10 Å². The predicted molar refractivity (Wildman–Crippen MR) is 96.7 cm³/mol. The molecule has 5 nitrogen and oxygen atoms in total. The Morgan fingerprint density at radius 1 is 1.12 bits per heavy atom. The van der Waals surface area contributed by atoms with Gasteiger partial charge < -0.3 is 0 Å². The minimum atomic E-state index is -3.65. The molecule has 1 N–H and O–H groups in total. The minimum Gasteiger partial charge on any atom is -0.278 e. The molecule has 0 radical (unpaired) electrons. The minimum absolute atomic E-state index is 0.192. The summed E-state index contributed by atoms with van der Waals surface area (Å²) in [5, 5.41) is 7.56. The van der Waals surface area contributed by atoms with E-state index in [0.29, 0.717) is 5.69 Å². The summed E-state index contributed by atoms with van der Waals surface area (Å²) in [4.78, 5) is 0.268. The van der Waals surface area contributed by atoms with Crippen LogP contribution in [-0.4, -0.2) is 24.7 Å². The van der Waals surface area contributed by atoms with E-state index in [1.807, 2.05) is 38.1 Å². The van der Waals surface area contributed by atoms with Crippen LogP contribution in [0.15, 0.2) is 53.6 Å². The van der Waals surface area contributed by atoms with Gasteiger partial charge in [-0.25, -0.2) is 8.42 Å². The number of nitrogens with one attached hydrogen (secondary N) is 1. The molecule has 3 rings (SSSR count). The van der Waals surface area contributed by atoms with Crippen LogP contribution in [0.4, 0.5) is 5.69 Å². The Morgan fingerprint density at radius 2 is 1.83 bits per heavy atom. The van der Waals surface area contributed by atoms with Gasteiger partial charge in [-0.05, 0) is 56.2 Å². The highest BCUT2D eigenvalue weighted by Crippen LogP contribution is 2.28. The summed E-state index contributed by atoms with van der Waals surface area (Å²) < 4.78 is 27.8. The largest absolute Gasteiger partial charge is 0.278 e. The van der Waals surface area contributed by atoms with Crippen molar-refractivity contribution in [2.45, 2.75) is 38.1 Å². The first kappa shape index (κ1) is 16.5. The average molecular weight is 343 g/mol. The van der Waals surface area contributed by atoms with E-state index in [9.17, 15) is 8.42 Å². The number of aromatic amines is 1. The third-order valence-corrected chi connectivity index (χ3v) is 6.04. The molecule has 3 aromatic rings. The van der Waals surface area contributed by atoms with Gasteiger partial charge in [-0.3, -0.25) is 9.40 Å². The number of aryl methyl sites for hydroxylation is 1. The number of aromatic nitrogens is 2. The van der Waals surface area contributed by atoms with Crippen LogP contribution in [0.1, 0.15) is 26.3 Å². The number of hydrogen-bond acceptors (Lipinski definition) is 3. The Hall–Kier alpha value is -2.34. The summed E-state index contributed by atoms with van der Waals surface area (Å²) >= 11 is 0. The molecule has 0 aliphatic carbocycles. The molecule has 24 heavy (non-hydrogen) atoms. The molecule has 0 bridgehead atoms. The standard InChI is InChI=1S/C18H21N3O2S/c1-4-14-5-7-16(8-6-14)21(13(2)3)24(22,23)17-9-10-18-15(11-17)12-19-20-18/h5-13H,4H2,1-3H3,(H,19,20). The molecule has 0 saturated carbocycles. The van der Waals surface area contributed by atoms with Crippen LogP contribution in [0.25, 0.3) is 10.9 Å². The summed E-state index contributed by atoms with van der Waals surface area (Å²) in [6, 6.07) is 12.5. The van der Waals surface area contributed by atoms with E-state index < -0.39 is 10.0 Å². The van der Waals surface area contributed by atoms with Crippen molar-refractivity contribution in [1.82, 2.24) is 10.2 Å². The monoisotopic (exact) mass is 343 g/mol. The van der Waals surface area contributed by atoms with Gasteiger partial charge in [-0.15, -0.1) is 0 Å². The maximum absolute atomic E-state index is 13.2. The molecule has 0 saturated heterocycles. The fourth-order valence-electron chi connectivity index (χ4n) is 2.79. The van der Waals surface area contributed by atoms with Crippen molar-refractivity contribution in [1.29, 1.82) is 0 Å². The number of nitrogens with zero attached hydrogens (tertiary/aromatic N) is 2. The fourth-order valence-corrected chi connectivity index (χ4v) is 4.49. The molecule has 0 unspecified atom stereocenters. The summed E-state index contributed by atoms with van der Waals surface area (Å²) in [5.74, 6) is 0. The van der Waals surface area contributed by atoms with E-state index in [1.165, 1.54) is 9.87 Å². The molecular weight excluding hydrogens is 322 g/mol. The zero-order chi connectivity index (χ0) is 17.3. The molecule has 0 aliphatic rings. The molecule has 6 heteroatoms. The summed E-state index contributed by atoms with van der Waals surface area (Å²) in [6.45, 7) is 5.83. The van der Waals surface area contributed by atoms with Crippen LogP contribution in [0, 0.1) is 0 Å². The topological polar surface area (TPSA) is 66.1 Å². The van der Waals surface area contributed by atoms with E-state index in [1.54, 1.807) is 24.4 Å². The van der Waals surface area contributed by atoms with Gasteiger partial charge >= 0.3 is 0 Å². The highest BCUT2D eigenvalue weighted by Gasteiger charge is 2.27. The van der Waals surface area contributed by atoms with E-state index >= 15 is 0 Å². The first-order valence-corrected chi connectivity index (χ1v) is 9.44. The van der Waals surface area contributed by atoms with Crippen LogP contribution >= 0.6 is 0 Å². The lowest BCUT2D eigenvalue weighted by Gasteiger charge is -2.28. The van der Waals surface area contributed by atoms with Crippen molar-refractivity contribution >= 4 is 26.6 Å². The Morgan fingerprint density at radius 3 is 2.46 bits per heavy atom. The molecule has 2 aromatic carbocycles. The van der Waals surface area contributed by atoms with E-state index in [2.05, 4.69) is 17.1 Å². The molecule has 1 aromatic heterocycles. The number of H-pyrrole nitrogens is 1. The summed E-state index contributed by atoms with van der Waals surface area (Å²) in [7, 11) is -3.65. The number of fused-ring (bicyclic) bond motifs is 1.